The summed E-state index contributed by atoms with van der Waals surface area (Å²) >= 11 is 0. The molecule has 0 aliphatic rings. The van der Waals surface area contributed by atoms with Crippen molar-refractivity contribution in [2.75, 3.05) is 11.9 Å². The van der Waals surface area contributed by atoms with E-state index in [1.807, 2.05) is 0 Å². The number of rotatable bonds is 7. The maximum absolute atomic E-state index is 12.8. The SMILES string of the molecule is CC(Oc1ccc(F)cc1)C(=O)OCC(=O)Nc1ccc(C(N)=O)cc1. The number of halogens is 1. The number of amides is 2. The Balaban J connectivity index is 1.79. The highest BCUT2D eigenvalue weighted by Gasteiger charge is 2.18. The molecule has 1 unspecified atom stereocenters. The Morgan fingerprint density at radius 2 is 1.69 bits per heavy atom. The van der Waals surface area contributed by atoms with E-state index in [1.54, 1.807) is 0 Å². The van der Waals surface area contributed by atoms with Gasteiger partial charge in [0.15, 0.2) is 12.7 Å². The third kappa shape index (κ3) is 5.59. The van der Waals surface area contributed by atoms with E-state index in [0.717, 1.165) is 0 Å². The van der Waals surface area contributed by atoms with E-state index < -0.39 is 36.3 Å². The molecule has 0 aromatic heterocycles. The van der Waals surface area contributed by atoms with Crippen molar-refractivity contribution >= 4 is 23.5 Å². The number of carbonyl (C=O) groups is 3. The van der Waals surface area contributed by atoms with E-state index in [2.05, 4.69) is 5.32 Å². The minimum absolute atomic E-state index is 0.301. The third-order valence-electron chi connectivity index (χ3n) is 3.26. The highest BCUT2D eigenvalue weighted by atomic mass is 19.1. The molecule has 0 fully saturated rings. The Hall–Kier alpha value is -3.42. The van der Waals surface area contributed by atoms with Crippen molar-refractivity contribution in [2.24, 2.45) is 5.73 Å². The predicted molar refractivity (Wildman–Crippen MR) is 91.0 cm³/mol. The summed E-state index contributed by atoms with van der Waals surface area (Å²) in [5, 5.41) is 2.51. The number of benzene rings is 2. The fraction of sp³-hybridized carbons (Fsp3) is 0.167. The molecule has 0 aliphatic heterocycles. The van der Waals surface area contributed by atoms with Gasteiger partial charge in [-0.1, -0.05) is 0 Å². The molecule has 2 aromatic rings. The Bertz CT molecular complexity index is 790. The molecule has 0 spiro atoms. The van der Waals surface area contributed by atoms with Crippen molar-refractivity contribution in [3.05, 3.63) is 59.9 Å². The van der Waals surface area contributed by atoms with Crippen LogP contribution in [0.5, 0.6) is 5.75 Å². The van der Waals surface area contributed by atoms with Crippen LogP contribution in [-0.4, -0.2) is 30.5 Å². The first kappa shape index (κ1) is 18.9. The highest BCUT2D eigenvalue weighted by Crippen LogP contribution is 2.13. The van der Waals surface area contributed by atoms with Gasteiger partial charge in [0.1, 0.15) is 11.6 Å². The van der Waals surface area contributed by atoms with Gasteiger partial charge in [0.05, 0.1) is 0 Å². The average molecular weight is 360 g/mol. The number of hydrogen-bond acceptors (Lipinski definition) is 5. The zero-order valence-corrected chi connectivity index (χ0v) is 13.9. The molecular formula is C18H17FN2O5. The molecular weight excluding hydrogens is 343 g/mol. The summed E-state index contributed by atoms with van der Waals surface area (Å²) < 4.78 is 23.0. The van der Waals surface area contributed by atoms with Crippen LogP contribution in [0.4, 0.5) is 10.1 Å². The molecule has 7 nitrogen and oxygen atoms in total. The Morgan fingerprint density at radius 3 is 2.27 bits per heavy atom. The number of ether oxygens (including phenoxy) is 2. The summed E-state index contributed by atoms with van der Waals surface area (Å²) in [6.07, 6.45) is -0.969. The summed E-state index contributed by atoms with van der Waals surface area (Å²) in [5.41, 5.74) is 5.85. The molecule has 0 saturated carbocycles. The molecule has 0 radical (unpaired) electrons. The van der Waals surface area contributed by atoms with Gasteiger partial charge in [-0.15, -0.1) is 0 Å². The first-order valence-corrected chi connectivity index (χ1v) is 7.63. The second-order valence-electron chi connectivity index (χ2n) is 5.31. The molecule has 0 heterocycles. The Morgan fingerprint density at radius 1 is 1.08 bits per heavy atom. The average Bonchev–Trinajstić information content (AvgIpc) is 2.62. The number of esters is 1. The quantitative estimate of drug-likeness (QED) is 0.733. The number of nitrogens with one attached hydrogen (secondary N) is 1. The van der Waals surface area contributed by atoms with Crippen molar-refractivity contribution in [1.29, 1.82) is 0 Å². The van der Waals surface area contributed by atoms with E-state index >= 15 is 0 Å². The van der Waals surface area contributed by atoms with Crippen LogP contribution in [0.15, 0.2) is 48.5 Å². The zero-order valence-electron chi connectivity index (χ0n) is 13.9. The van der Waals surface area contributed by atoms with Crippen molar-refractivity contribution in [1.82, 2.24) is 0 Å². The smallest absolute Gasteiger partial charge is 0.347 e. The molecule has 0 aliphatic carbocycles. The van der Waals surface area contributed by atoms with Gasteiger partial charge in [-0.05, 0) is 55.5 Å². The molecule has 3 N–H and O–H groups in total. The number of primary amides is 1. The fourth-order valence-electron chi connectivity index (χ4n) is 1.93. The minimum atomic E-state index is -0.969. The van der Waals surface area contributed by atoms with Gasteiger partial charge < -0.3 is 20.5 Å². The van der Waals surface area contributed by atoms with Gasteiger partial charge in [0.25, 0.3) is 5.91 Å². The van der Waals surface area contributed by atoms with Gasteiger partial charge in [-0.3, -0.25) is 9.59 Å². The van der Waals surface area contributed by atoms with Crippen LogP contribution in [0.2, 0.25) is 0 Å². The second-order valence-corrected chi connectivity index (χ2v) is 5.31. The molecule has 136 valence electrons. The van der Waals surface area contributed by atoms with Crippen LogP contribution in [0.25, 0.3) is 0 Å². The molecule has 2 amide bonds. The van der Waals surface area contributed by atoms with Gasteiger partial charge in [-0.2, -0.15) is 0 Å². The second kappa shape index (κ2) is 8.61. The lowest BCUT2D eigenvalue weighted by Gasteiger charge is -2.14. The van der Waals surface area contributed by atoms with Crippen molar-refractivity contribution in [3.63, 3.8) is 0 Å². The minimum Gasteiger partial charge on any atom is -0.479 e. The number of hydrogen-bond donors (Lipinski definition) is 2. The highest BCUT2D eigenvalue weighted by molar-refractivity contribution is 5.95. The van der Waals surface area contributed by atoms with E-state index in [0.29, 0.717) is 17.0 Å². The van der Waals surface area contributed by atoms with Gasteiger partial charge >= 0.3 is 5.97 Å². The lowest BCUT2D eigenvalue weighted by molar-refractivity contribution is -0.153. The summed E-state index contributed by atoms with van der Waals surface area (Å²) in [4.78, 5) is 34.6. The summed E-state index contributed by atoms with van der Waals surface area (Å²) in [6.45, 7) is 0.944. The van der Waals surface area contributed by atoms with Crippen molar-refractivity contribution in [3.8, 4) is 5.75 Å². The van der Waals surface area contributed by atoms with Crippen LogP contribution >= 0.6 is 0 Å². The summed E-state index contributed by atoms with van der Waals surface area (Å²) in [6, 6.07) is 11.1. The van der Waals surface area contributed by atoms with Crippen LogP contribution < -0.4 is 15.8 Å². The number of nitrogens with two attached hydrogens (primary N) is 1. The lowest BCUT2D eigenvalue weighted by atomic mass is 10.2. The fourth-order valence-corrected chi connectivity index (χ4v) is 1.93. The van der Waals surface area contributed by atoms with Crippen LogP contribution in [0.3, 0.4) is 0 Å². The van der Waals surface area contributed by atoms with E-state index in [1.165, 1.54) is 55.5 Å². The number of anilines is 1. The van der Waals surface area contributed by atoms with E-state index in [4.69, 9.17) is 15.2 Å². The molecule has 2 aromatic carbocycles. The van der Waals surface area contributed by atoms with Crippen molar-refractivity contribution in [2.45, 2.75) is 13.0 Å². The Labute approximate surface area is 148 Å². The van der Waals surface area contributed by atoms with E-state index in [9.17, 15) is 18.8 Å². The van der Waals surface area contributed by atoms with E-state index in [-0.39, 0.29) is 0 Å². The molecule has 0 saturated heterocycles. The maximum atomic E-state index is 12.8. The first-order chi connectivity index (χ1) is 12.3. The lowest BCUT2D eigenvalue weighted by Crippen LogP contribution is -2.29. The molecule has 26 heavy (non-hydrogen) atoms. The van der Waals surface area contributed by atoms with Crippen LogP contribution in [0, 0.1) is 5.82 Å². The number of carbonyl (C=O) groups excluding carboxylic acids is 3. The molecule has 8 heteroatoms. The van der Waals surface area contributed by atoms with Crippen molar-refractivity contribution < 1.29 is 28.2 Å². The molecule has 1 atom stereocenters. The zero-order chi connectivity index (χ0) is 19.1. The van der Waals surface area contributed by atoms with Crippen LogP contribution in [0.1, 0.15) is 17.3 Å². The van der Waals surface area contributed by atoms with Crippen LogP contribution in [-0.2, 0) is 14.3 Å². The van der Waals surface area contributed by atoms with Gasteiger partial charge in [0, 0.05) is 11.3 Å². The third-order valence-corrected chi connectivity index (χ3v) is 3.26. The largest absolute Gasteiger partial charge is 0.479 e. The topological polar surface area (TPSA) is 108 Å². The molecule has 2 rings (SSSR count). The summed E-state index contributed by atoms with van der Waals surface area (Å²) in [7, 11) is 0. The first-order valence-electron chi connectivity index (χ1n) is 7.63. The van der Waals surface area contributed by atoms with Gasteiger partial charge in [0.2, 0.25) is 5.91 Å². The summed E-state index contributed by atoms with van der Waals surface area (Å²) in [5.74, 6) is -2.00. The monoisotopic (exact) mass is 360 g/mol. The Kier molecular flexibility index (Phi) is 6.26. The predicted octanol–water partition coefficient (Wildman–Crippen LogP) is 1.87. The molecule has 0 bridgehead atoms. The normalized spacial score (nSPS) is 11.3. The van der Waals surface area contributed by atoms with Gasteiger partial charge in [-0.25, -0.2) is 9.18 Å². The maximum Gasteiger partial charge on any atom is 0.347 e. The standard InChI is InChI=1S/C18H17FN2O5/c1-11(26-15-8-4-13(19)5-9-15)18(24)25-10-16(22)21-14-6-2-12(3-7-14)17(20)23/h2-9,11H,10H2,1H3,(H2,20,23)(H,21,22).